The molecule has 1 aromatic heterocycles. The maximum atomic E-state index is 14.9. The fraction of sp³-hybridized carbons (Fsp3) is 0.643. The Balaban J connectivity index is 1.05. The number of amides is 4. The van der Waals surface area contributed by atoms with Crippen molar-refractivity contribution in [1.29, 1.82) is 0 Å². The highest BCUT2D eigenvalue weighted by Crippen LogP contribution is 2.52. The lowest BCUT2D eigenvalue weighted by atomic mass is 9.82. The van der Waals surface area contributed by atoms with E-state index in [1.54, 1.807) is 6.92 Å². The quantitative estimate of drug-likeness (QED) is 0.333. The molecule has 5 fully saturated rings. The van der Waals surface area contributed by atoms with Crippen molar-refractivity contribution in [3.63, 3.8) is 0 Å². The summed E-state index contributed by atoms with van der Waals surface area (Å²) in [7, 11) is -3.98. The van der Waals surface area contributed by atoms with Crippen LogP contribution in [0.3, 0.4) is 0 Å². The van der Waals surface area contributed by atoms with Crippen molar-refractivity contribution < 1.29 is 37.1 Å². The molecule has 2 aromatic rings. The van der Waals surface area contributed by atoms with Gasteiger partial charge in [-0.3, -0.25) is 19.1 Å². The number of hydrogen-bond acceptors (Lipinski definition) is 9. The number of aryl methyl sites for hydroxylation is 1. The van der Waals surface area contributed by atoms with Gasteiger partial charge in [0.15, 0.2) is 0 Å². The van der Waals surface area contributed by atoms with Crippen molar-refractivity contribution in [3.8, 4) is 5.75 Å². The predicted molar refractivity (Wildman–Crippen MR) is 207 cm³/mol. The highest BCUT2D eigenvalue weighted by Gasteiger charge is 2.64. The molecule has 1 spiro atoms. The number of benzene rings is 1. The van der Waals surface area contributed by atoms with Crippen LogP contribution in [-0.2, 0) is 35.6 Å². The number of alkyl carbamates (subject to hydrolysis) is 1. The number of allylic oxidation sites excluding steroid dienone is 1. The number of sulfonamides is 1. The number of rotatable bonds is 6. The van der Waals surface area contributed by atoms with Gasteiger partial charge < -0.3 is 25.0 Å². The number of pyridine rings is 1. The third-order valence-corrected chi connectivity index (χ3v) is 15.9. The third kappa shape index (κ3) is 6.72. The Kier molecular flexibility index (Phi) is 8.98. The summed E-state index contributed by atoms with van der Waals surface area (Å²) in [5.41, 5.74) is -0.0653. The van der Waals surface area contributed by atoms with E-state index in [9.17, 15) is 27.6 Å². The maximum Gasteiger partial charge on any atom is 0.408 e. The van der Waals surface area contributed by atoms with E-state index in [1.807, 2.05) is 37.3 Å². The molecule has 5 atom stereocenters. The first-order valence-corrected chi connectivity index (χ1v) is 22.2. The van der Waals surface area contributed by atoms with Crippen molar-refractivity contribution >= 4 is 44.7 Å². The average molecular weight is 788 g/mol. The van der Waals surface area contributed by atoms with Crippen LogP contribution < -0.4 is 20.1 Å². The number of nitrogens with zero attached hydrogens (tertiary/aromatic N) is 2. The third-order valence-electron chi connectivity index (χ3n) is 13.7. The van der Waals surface area contributed by atoms with Gasteiger partial charge in [-0.25, -0.2) is 18.2 Å². The van der Waals surface area contributed by atoms with Gasteiger partial charge in [0.05, 0.1) is 22.5 Å². The topological polar surface area (TPSA) is 173 Å². The number of ether oxygens (including phenoxy) is 2. The number of hydrogen-bond donors (Lipinski definition) is 3. The zero-order valence-corrected chi connectivity index (χ0v) is 33.2. The zero-order chi connectivity index (χ0) is 39.1. The molecule has 56 heavy (non-hydrogen) atoms. The smallest absolute Gasteiger partial charge is 0.408 e. The van der Waals surface area contributed by atoms with Gasteiger partial charge in [-0.15, -0.1) is 0 Å². The van der Waals surface area contributed by atoms with Crippen molar-refractivity contribution in [3.05, 3.63) is 47.7 Å². The van der Waals surface area contributed by atoms with Gasteiger partial charge in [0.25, 0.3) is 5.91 Å². The number of para-hydroxylation sites is 1. The van der Waals surface area contributed by atoms with Crippen LogP contribution in [0.4, 0.5) is 4.79 Å². The summed E-state index contributed by atoms with van der Waals surface area (Å²) in [5.74, 6) is -1.11. The highest BCUT2D eigenvalue weighted by molar-refractivity contribution is 7.91. The summed E-state index contributed by atoms with van der Waals surface area (Å²) >= 11 is 0. The number of fused-ring (bicyclic) bond motifs is 5. The second-order valence-electron chi connectivity index (χ2n) is 18.2. The predicted octanol–water partition coefficient (Wildman–Crippen LogP) is 5.21. The molecule has 1 aromatic carbocycles. The van der Waals surface area contributed by atoms with E-state index in [1.165, 1.54) is 4.90 Å². The largest absolute Gasteiger partial charge is 0.483 e. The second kappa shape index (κ2) is 13.4. The summed E-state index contributed by atoms with van der Waals surface area (Å²) in [6.45, 7) is 3.61. The Hall–Kier alpha value is -4.20. The average Bonchev–Trinajstić information content (AvgIpc) is 4.09. The van der Waals surface area contributed by atoms with Gasteiger partial charge in [-0.05, 0) is 103 Å². The minimum atomic E-state index is -3.98. The minimum Gasteiger partial charge on any atom is -0.483 e. The Morgan fingerprint density at radius 1 is 0.982 bits per heavy atom. The van der Waals surface area contributed by atoms with Crippen molar-refractivity contribution in [2.24, 2.45) is 5.92 Å². The van der Waals surface area contributed by atoms with Gasteiger partial charge in [-0.2, -0.15) is 0 Å². The minimum absolute atomic E-state index is 0.0977. The van der Waals surface area contributed by atoms with Gasteiger partial charge in [0, 0.05) is 29.2 Å². The summed E-state index contributed by atoms with van der Waals surface area (Å²) in [5, 5.41) is 6.90. The van der Waals surface area contributed by atoms with Crippen molar-refractivity contribution in [2.75, 3.05) is 6.54 Å². The molecule has 3 aliphatic heterocycles. The maximum absolute atomic E-state index is 14.9. The fourth-order valence-corrected chi connectivity index (χ4v) is 10.6. The van der Waals surface area contributed by atoms with E-state index >= 15 is 0 Å². The Morgan fingerprint density at radius 2 is 1.77 bits per heavy atom. The molecule has 4 amide bonds. The summed E-state index contributed by atoms with van der Waals surface area (Å²) in [6, 6.07) is 6.06. The van der Waals surface area contributed by atoms with E-state index in [4.69, 9.17) is 14.5 Å². The molecule has 0 unspecified atom stereocenters. The van der Waals surface area contributed by atoms with Crippen LogP contribution in [-0.4, -0.2) is 82.2 Å². The van der Waals surface area contributed by atoms with Crippen LogP contribution >= 0.6 is 0 Å². The molecule has 4 aliphatic carbocycles. The van der Waals surface area contributed by atoms with Crippen LogP contribution in [0.1, 0.15) is 127 Å². The number of carbonyl (C=O) groups excluding carboxylic acids is 4. The molecule has 13 nitrogen and oxygen atoms in total. The first-order chi connectivity index (χ1) is 26.7. The van der Waals surface area contributed by atoms with Crippen molar-refractivity contribution in [1.82, 2.24) is 25.2 Å². The molecule has 7 aliphatic rings. The lowest BCUT2D eigenvalue weighted by Gasteiger charge is -2.38. The van der Waals surface area contributed by atoms with E-state index in [0.29, 0.717) is 44.9 Å². The van der Waals surface area contributed by atoms with E-state index < -0.39 is 73.3 Å². The Bertz CT molecular complexity index is 2130. The van der Waals surface area contributed by atoms with Gasteiger partial charge in [0.2, 0.25) is 21.8 Å². The molecule has 3 N–H and O–H groups in total. The summed E-state index contributed by atoms with van der Waals surface area (Å²) < 4.78 is 40.7. The molecule has 14 heteroatoms. The molecule has 0 bridgehead atoms. The first kappa shape index (κ1) is 37.4. The van der Waals surface area contributed by atoms with Crippen LogP contribution in [0.5, 0.6) is 5.75 Å². The Morgan fingerprint density at radius 3 is 2.50 bits per heavy atom. The normalized spacial score (nSPS) is 32.5. The molecular formula is C42H53N5O8S. The number of carbonyl (C=O) groups is 4. The lowest BCUT2D eigenvalue weighted by Crippen LogP contribution is -2.59. The van der Waals surface area contributed by atoms with Crippen LogP contribution in [0.25, 0.3) is 10.9 Å². The van der Waals surface area contributed by atoms with Crippen LogP contribution in [0.2, 0.25) is 0 Å². The number of aromatic nitrogens is 1. The van der Waals surface area contributed by atoms with E-state index in [0.717, 1.165) is 72.9 Å². The van der Waals surface area contributed by atoms with Crippen LogP contribution in [0.15, 0.2) is 36.4 Å². The van der Waals surface area contributed by atoms with Crippen molar-refractivity contribution in [2.45, 2.75) is 156 Å². The van der Waals surface area contributed by atoms with Gasteiger partial charge >= 0.3 is 6.09 Å². The number of nitrogens with one attached hydrogen (secondary N) is 3. The first-order valence-electron chi connectivity index (χ1n) is 20.7. The summed E-state index contributed by atoms with van der Waals surface area (Å²) in [4.78, 5) is 63.5. The Labute approximate surface area is 328 Å². The molecular weight excluding hydrogens is 735 g/mol. The lowest BCUT2D eigenvalue weighted by molar-refractivity contribution is -0.141. The molecule has 0 radical (unpaired) electrons. The second-order valence-corrected chi connectivity index (χ2v) is 20.4. The fourth-order valence-electron chi connectivity index (χ4n) is 9.31. The molecule has 4 saturated carbocycles. The molecule has 4 heterocycles. The summed E-state index contributed by atoms with van der Waals surface area (Å²) in [6.07, 6.45) is 13.6. The highest BCUT2D eigenvalue weighted by atomic mass is 32.2. The molecule has 300 valence electrons. The monoisotopic (exact) mass is 787 g/mol. The van der Waals surface area contributed by atoms with E-state index in [-0.39, 0.29) is 25.3 Å². The molecule has 1 saturated heterocycles. The van der Waals surface area contributed by atoms with Crippen LogP contribution in [0, 0.1) is 5.92 Å². The van der Waals surface area contributed by atoms with Gasteiger partial charge in [-0.1, -0.05) is 43.2 Å². The standard InChI is InChI=1S/C42H53N5O8S/c1-39(18-10-19-39)55-38(51)44-31-14-7-5-3-4-6-11-27-23-42(27,37(50)46-56(52,53)40(2)21-22-40)45-35(48)32-24-41(25-47(32)36(31)49)20-17-29-28-12-8-9-13-30(28)43-33(26-15-16-26)34(29)54-41/h6,8-9,11-13,26-27,31-32H,3-5,7,10,14-25H2,1-2H3,(H,44,51)(H,45,48)(H,46,50)/b11-6-/t27-,31+,32+,41-,42-/m1/s1. The van der Waals surface area contributed by atoms with Gasteiger partial charge in [0.1, 0.15) is 34.6 Å². The van der Waals surface area contributed by atoms with E-state index in [2.05, 4.69) is 21.4 Å². The molecule has 9 rings (SSSR count). The SMILES string of the molecule is CC1(OC(=O)N[C@H]2CCCCC/C=C\[C@@H]3C[C@@]3(C(=O)NS(=O)(=O)C3(C)CC3)NC(=O)[C@@H]3C[C@]4(CCc5c(c(C6CC6)nc6ccccc56)O4)CN3C2=O)CCC1. The zero-order valence-electron chi connectivity index (χ0n) is 32.4.